The van der Waals surface area contributed by atoms with Crippen LogP contribution in [0.15, 0.2) is 213 Å². The number of unbranched alkanes of at least 4 members (excludes halogenated alkanes) is 36. The fraction of sp³-hybridized carbons (Fsp3) is 0.493. The van der Waals surface area contributed by atoms with Gasteiger partial charge in [-0.25, -0.2) is 0 Å². The number of benzene rings is 12. The van der Waals surface area contributed by atoms with Gasteiger partial charge >= 0.3 is 0 Å². The molecule has 0 bridgehead atoms. The van der Waals surface area contributed by atoms with E-state index < -0.39 is 5.41 Å². The summed E-state index contributed by atoms with van der Waals surface area (Å²) in [5, 5.41) is 7.66. The average Bonchev–Trinajstić information content (AvgIpc) is 1.51. The second kappa shape index (κ2) is 44.2. The maximum Gasteiger partial charge on any atom is 0.144 e. The molecule has 4 heteroatoms. The van der Waals surface area contributed by atoms with Gasteiger partial charge in [0.15, 0.2) is 0 Å². The topological polar surface area (TPSA) is 42.7 Å². The van der Waals surface area contributed by atoms with Gasteiger partial charge < -0.3 is 18.2 Å². The van der Waals surface area contributed by atoms with Crippen molar-refractivity contribution < 1.29 is 13.3 Å². The summed E-state index contributed by atoms with van der Waals surface area (Å²) in [4.78, 5) is 2.88. The third kappa shape index (κ3) is 17.7. The SMILES string of the molecule is CCCCCCCCC1(CCCCCCCC)c2cc(N(c3ccc4c(c3)C(C)(C)c3c5c(c6oc7ccccc7c6c3-4)-c3ccccc3C5(C)C)c3ccc4c(c3)C(CCCCCCC)(CCCCCCC)c3c5c(c6oc7ccccc7c6c3-4)-c3ccccc3C5(CCCCCCC)CCCCCCC)ccc2-c2cc3c(cc21)-c1c(ccc2oc4ccccc4c12)C3(CCCCCCCC)CCCCCCCC. The van der Waals surface area contributed by atoms with Crippen LogP contribution in [-0.4, -0.2) is 0 Å². The van der Waals surface area contributed by atoms with E-state index >= 15 is 0 Å². The first kappa shape index (κ1) is 102. The molecule has 0 radical (unpaired) electrons. The van der Waals surface area contributed by atoms with E-state index in [1.807, 2.05) is 0 Å². The molecule has 0 spiro atoms. The van der Waals surface area contributed by atoms with Crippen LogP contribution in [-0.2, 0) is 32.5 Å². The Balaban J connectivity index is 0.845. The molecule has 15 aromatic rings. The summed E-state index contributed by atoms with van der Waals surface area (Å²) < 4.78 is 22.4. The smallest absolute Gasteiger partial charge is 0.144 e. The van der Waals surface area contributed by atoms with Crippen molar-refractivity contribution in [3.8, 4) is 66.8 Å². The second-order valence-corrected chi connectivity index (χ2v) is 47.9. The third-order valence-corrected chi connectivity index (χ3v) is 37.9. The first-order chi connectivity index (χ1) is 71.7. The maximum absolute atomic E-state index is 7.86. The molecule has 12 aromatic carbocycles. The Morgan fingerprint density at radius 1 is 0.192 bits per heavy atom. The zero-order valence-electron chi connectivity index (χ0n) is 92.0. The van der Waals surface area contributed by atoms with E-state index in [9.17, 15) is 0 Å². The summed E-state index contributed by atoms with van der Waals surface area (Å²) in [7, 11) is 0. The Bertz CT molecular complexity index is 7110. The van der Waals surface area contributed by atoms with Crippen LogP contribution in [0.25, 0.3) is 133 Å². The van der Waals surface area contributed by atoms with Crippen LogP contribution in [0.1, 0.15) is 484 Å². The van der Waals surface area contributed by atoms with Crippen molar-refractivity contribution in [2.75, 3.05) is 4.90 Å². The second-order valence-electron chi connectivity index (χ2n) is 47.9. The van der Waals surface area contributed by atoms with Gasteiger partial charge in [0.1, 0.15) is 33.5 Å². The van der Waals surface area contributed by atoms with E-state index in [0.29, 0.717) is 0 Å². The Kier molecular flexibility index (Phi) is 30.8. The summed E-state index contributed by atoms with van der Waals surface area (Å²) >= 11 is 0. The lowest BCUT2D eigenvalue weighted by Crippen LogP contribution is -2.33. The molecule has 3 aromatic heterocycles. The van der Waals surface area contributed by atoms with Crippen LogP contribution in [0.4, 0.5) is 17.1 Å². The lowest BCUT2D eigenvalue weighted by atomic mass is 9.62. The van der Waals surface area contributed by atoms with Gasteiger partial charge in [0.25, 0.3) is 0 Å². The van der Waals surface area contributed by atoms with E-state index in [-0.39, 0.29) is 27.1 Å². The molecule has 0 aliphatic heterocycles. The lowest BCUT2D eigenvalue weighted by Gasteiger charge is -2.40. The average molecular weight is 1940 g/mol. The minimum atomic E-state index is -0.433. The normalized spacial score (nSPS) is 15.4. The molecular formula is C142H173NO3. The van der Waals surface area contributed by atoms with Crippen LogP contribution in [0.2, 0.25) is 0 Å². The highest BCUT2D eigenvalue weighted by molar-refractivity contribution is 6.23. The number of hydrogen-bond acceptors (Lipinski definition) is 4. The lowest BCUT2D eigenvalue weighted by molar-refractivity contribution is 0.369. The molecule has 0 fully saturated rings. The van der Waals surface area contributed by atoms with Crippen molar-refractivity contribution in [3.05, 3.63) is 267 Å². The van der Waals surface area contributed by atoms with E-state index in [4.69, 9.17) is 13.3 Å². The summed E-state index contributed by atoms with van der Waals surface area (Å²) in [6.45, 7) is 29.4. The zero-order chi connectivity index (χ0) is 100. The fourth-order valence-electron chi connectivity index (χ4n) is 30.7. The van der Waals surface area contributed by atoms with Crippen LogP contribution in [0, 0.1) is 0 Å². The quantitative estimate of drug-likeness (QED) is 0.0356. The number of furan rings is 3. The predicted molar refractivity (Wildman–Crippen MR) is 628 cm³/mol. The first-order valence-electron chi connectivity index (χ1n) is 60.3. The molecule has 0 amide bonds. The van der Waals surface area contributed by atoms with E-state index in [2.05, 4.69) is 288 Å². The van der Waals surface area contributed by atoms with Crippen LogP contribution >= 0.6 is 0 Å². The number of hydrogen-bond donors (Lipinski definition) is 0. The highest BCUT2D eigenvalue weighted by atomic mass is 16.3. The van der Waals surface area contributed by atoms with Crippen molar-refractivity contribution in [1.29, 1.82) is 0 Å². The van der Waals surface area contributed by atoms with Gasteiger partial charge in [0, 0.05) is 93.0 Å². The predicted octanol–water partition coefficient (Wildman–Crippen LogP) is 45.0. The zero-order valence-corrected chi connectivity index (χ0v) is 92.0. The Hall–Kier alpha value is -10.2. The third-order valence-electron chi connectivity index (χ3n) is 37.9. The Morgan fingerprint density at radius 3 is 0.945 bits per heavy atom. The highest BCUT2D eigenvalue weighted by Crippen LogP contribution is 2.71. The number of nitrogens with zero attached hydrogens (tertiary/aromatic N) is 1. The van der Waals surface area contributed by atoms with Gasteiger partial charge in [-0.2, -0.15) is 0 Å². The van der Waals surface area contributed by atoms with Gasteiger partial charge in [-0.1, -0.05) is 493 Å². The number of rotatable bonds is 55. The fourth-order valence-corrected chi connectivity index (χ4v) is 30.7. The van der Waals surface area contributed by atoms with Crippen LogP contribution in [0.5, 0.6) is 0 Å². The summed E-state index contributed by atoms with van der Waals surface area (Å²) in [6, 6.07) is 82.2. The molecule has 6 aliphatic carbocycles. The maximum atomic E-state index is 7.86. The molecule has 0 atom stereocenters. The summed E-state index contributed by atoms with van der Waals surface area (Å²) in [6.07, 6.45) is 64.7. The molecule has 764 valence electrons. The first-order valence-corrected chi connectivity index (χ1v) is 60.3. The molecule has 6 aliphatic rings. The Morgan fingerprint density at radius 2 is 0.486 bits per heavy atom. The van der Waals surface area contributed by atoms with Gasteiger partial charge in [0.2, 0.25) is 0 Å². The molecule has 3 heterocycles. The van der Waals surface area contributed by atoms with Crippen molar-refractivity contribution in [2.45, 2.75) is 449 Å². The van der Waals surface area contributed by atoms with E-state index in [1.54, 1.807) is 44.5 Å². The number of anilines is 3. The van der Waals surface area contributed by atoms with Crippen molar-refractivity contribution >= 4 is 82.9 Å². The number of fused-ring (bicyclic) bond motifs is 34. The minimum Gasteiger partial charge on any atom is -0.456 e. The van der Waals surface area contributed by atoms with Crippen molar-refractivity contribution in [1.82, 2.24) is 0 Å². The molecule has 0 unspecified atom stereocenters. The molecule has 21 rings (SSSR count). The van der Waals surface area contributed by atoms with Crippen molar-refractivity contribution in [2.24, 2.45) is 0 Å². The summed E-state index contributed by atoms with van der Waals surface area (Å²) in [5.41, 5.74) is 43.7. The van der Waals surface area contributed by atoms with Crippen LogP contribution in [0.3, 0.4) is 0 Å². The molecular weight excluding hydrogens is 1770 g/mol. The van der Waals surface area contributed by atoms with Gasteiger partial charge in [-0.15, -0.1) is 0 Å². The van der Waals surface area contributed by atoms with Gasteiger partial charge in [0.05, 0.1) is 0 Å². The Labute approximate surface area is 878 Å². The monoisotopic (exact) mass is 1940 g/mol. The van der Waals surface area contributed by atoms with E-state index in [0.717, 1.165) is 72.0 Å². The minimum absolute atomic E-state index is 0.155. The molecule has 146 heavy (non-hydrogen) atoms. The standard InChI is InChI=1S/C142H173NO3/c1-13-21-29-37-45-59-85-139(86-60-46-38-30-22-14-2)113-83-84-122-124(106-69-51-56-74-119(106)144-122)123(113)110-97-117-109(96-118(110)139)101-80-77-99(94-115(101)140(117,87-61-47-39-31-23-15-3)88-62-48-40-32-24-16-4)143(98-78-81-104-114(93-98)138(11,12)131-125(104)127-107-70-52-57-75-120(107)145-135(127)129-102-67-49-54-72-111(102)137(9,10)132(129)131)100-79-82-105-116(95-100)142(91-65-43-35-27-19-7,92-66-44-36-28-20-8)133-126(105)128-108-71-53-58-76-121(108)146-136(128)130-103-68-50-55-73-112(103)141(134(130)133,89-63-41-33-25-17-5)90-64-42-34-26-18-6/h49-58,67-84,93-97H,13-48,59-66,85-92H2,1-12H3. The van der Waals surface area contributed by atoms with Crippen LogP contribution < -0.4 is 4.90 Å². The highest BCUT2D eigenvalue weighted by Gasteiger charge is 2.57. The summed E-state index contributed by atoms with van der Waals surface area (Å²) in [5.74, 6) is 0. The molecule has 0 saturated carbocycles. The van der Waals surface area contributed by atoms with Crippen molar-refractivity contribution in [3.63, 3.8) is 0 Å². The molecule has 4 nitrogen and oxygen atoms in total. The molecule has 0 saturated heterocycles. The van der Waals surface area contributed by atoms with Gasteiger partial charge in [-0.05, 0) is 247 Å². The molecule has 0 N–H and O–H groups in total. The largest absolute Gasteiger partial charge is 0.456 e. The number of para-hydroxylation sites is 3. The van der Waals surface area contributed by atoms with Gasteiger partial charge in [-0.3, -0.25) is 0 Å². The van der Waals surface area contributed by atoms with E-state index in [1.165, 1.54) is 434 Å².